The quantitative estimate of drug-likeness (QED) is 0.480. The van der Waals surface area contributed by atoms with Gasteiger partial charge in [0.1, 0.15) is 6.54 Å². The summed E-state index contributed by atoms with van der Waals surface area (Å²) in [6, 6.07) is 21.3. The van der Waals surface area contributed by atoms with E-state index in [0.717, 1.165) is 26.7 Å². The number of benzene rings is 3. The van der Waals surface area contributed by atoms with Crippen LogP contribution in [0, 0.1) is 6.92 Å². The minimum Gasteiger partial charge on any atom is -0.325 e. The van der Waals surface area contributed by atoms with E-state index in [9.17, 15) is 13.2 Å². The standard InChI is InChI=1S/C24H26N2O3S2/c1-4-19-7-9-20(10-8-19)25-24(27)17-26(21-11-5-18(2)6-12-21)31(28,29)23-15-13-22(30-3)14-16-23/h5-16H,4,17H2,1-3H3,(H,25,27). The summed E-state index contributed by atoms with van der Waals surface area (Å²) < 4.78 is 28.0. The van der Waals surface area contributed by atoms with Gasteiger partial charge in [0.15, 0.2) is 0 Å². The van der Waals surface area contributed by atoms with Crippen molar-refractivity contribution in [2.75, 3.05) is 22.4 Å². The zero-order chi connectivity index (χ0) is 22.4. The van der Waals surface area contributed by atoms with E-state index >= 15 is 0 Å². The highest BCUT2D eigenvalue weighted by atomic mass is 32.2. The van der Waals surface area contributed by atoms with Crippen LogP contribution in [0.25, 0.3) is 0 Å². The molecule has 0 aliphatic carbocycles. The molecule has 3 aromatic rings. The van der Waals surface area contributed by atoms with Gasteiger partial charge in [-0.15, -0.1) is 11.8 Å². The maximum absolute atomic E-state index is 13.4. The van der Waals surface area contributed by atoms with Crippen LogP contribution >= 0.6 is 11.8 Å². The lowest BCUT2D eigenvalue weighted by molar-refractivity contribution is -0.114. The molecule has 3 rings (SSSR count). The molecular weight excluding hydrogens is 428 g/mol. The van der Waals surface area contributed by atoms with Crippen molar-refractivity contribution in [2.24, 2.45) is 0 Å². The third kappa shape index (κ3) is 5.68. The molecule has 0 aliphatic rings. The number of aryl methyl sites for hydroxylation is 2. The van der Waals surface area contributed by atoms with E-state index in [4.69, 9.17) is 0 Å². The Morgan fingerprint density at radius 1 is 0.935 bits per heavy atom. The molecule has 0 spiro atoms. The molecule has 0 aromatic heterocycles. The van der Waals surface area contributed by atoms with E-state index in [1.54, 1.807) is 36.4 Å². The Kier molecular flexibility index (Phi) is 7.41. The Morgan fingerprint density at radius 2 is 1.55 bits per heavy atom. The highest BCUT2D eigenvalue weighted by Gasteiger charge is 2.27. The molecule has 7 heteroatoms. The SMILES string of the molecule is CCc1ccc(NC(=O)CN(c2ccc(C)cc2)S(=O)(=O)c2ccc(SC)cc2)cc1. The number of rotatable bonds is 8. The van der Waals surface area contributed by atoms with Gasteiger partial charge in [-0.1, -0.05) is 36.8 Å². The smallest absolute Gasteiger partial charge is 0.264 e. The number of anilines is 2. The first-order chi connectivity index (χ1) is 14.8. The second kappa shape index (κ2) is 10.0. The van der Waals surface area contributed by atoms with Crippen molar-refractivity contribution in [3.05, 3.63) is 83.9 Å². The third-order valence-corrected chi connectivity index (χ3v) is 7.43. The topological polar surface area (TPSA) is 66.5 Å². The highest BCUT2D eigenvalue weighted by molar-refractivity contribution is 7.98. The van der Waals surface area contributed by atoms with Crippen molar-refractivity contribution in [1.29, 1.82) is 0 Å². The number of nitrogens with zero attached hydrogens (tertiary/aromatic N) is 1. The summed E-state index contributed by atoms with van der Waals surface area (Å²) in [5.74, 6) is -0.408. The third-order valence-electron chi connectivity index (χ3n) is 4.90. The first-order valence-corrected chi connectivity index (χ1v) is 12.6. The van der Waals surface area contributed by atoms with Crippen LogP contribution in [0.4, 0.5) is 11.4 Å². The van der Waals surface area contributed by atoms with Gasteiger partial charge < -0.3 is 5.32 Å². The molecule has 31 heavy (non-hydrogen) atoms. The molecule has 3 aromatic carbocycles. The molecule has 0 saturated carbocycles. The minimum absolute atomic E-state index is 0.144. The average Bonchev–Trinajstić information content (AvgIpc) is 2.78. The zero-order valence-corrected chi connectivity index (χ0v) is 19.5. The normalized spacial score (nSPS) is 11.2. The predicted octanol–water partition coefficient (Wildman–Crippen LogP) is 5.11. The molecule has 0 radical (unpaired) electrons. The van der Waals surface area contributed by atoms with Crippen molar-refractivity contribution in [2.45, 2.75) is 30.1 Å². The van der Waals surface area contributed by atoms with Crippen LogP contribution in [0.1, 0.15) is 18.1 Å². The van der Waals surface area contributed by atoms with Gasteiger partial charge in [-0.25, -0.2) is 8.42 Å². The second-order valence-electron chi connectivity index (χ2n) is 7.12. The van der Waals surface area contributed by atoms with Crippen molar-refractivity contribution in [3.63, 3.8) is 0 Å². The Morgan fingerprint density at radius 3 is 2.10 bits per heavy atom. The van der Waals surface area contributed by atoms with Gasteiger partial charge in [-0.2, -0.15) is 0 Å². The van der Waals surface area contributed by atoms with Crippen molar-refractivity contribution in [3.8, 4) is 0 Å². The van der Waals surface area contributed by atoms with E-state index < -0.39 is 15.9 Å². The summed E-state index contributed by atoms with van der Waals surface area (Å²) >= 11 is 1.54. The van der Waals surface area contributed by atoms with E-state index in [1.807, 2.05) is 49.6 Å². The van der Waals surface area contributed by atoms with E-state index in [1.165, 1.54) is 11.8 Å². The maximum Gasteiger partial charge on any atom is 0.264 e. The van der Waals surface area contributed by atoms with Gasteiger partial charge in [0.25, 0.3) is 10.0 Å². The monoisotopic (exact) mass is 454 g/mol. The number of nitrogens with one attached hydrogen (secondary N) is 1. The number of amides is 1. The first kappa shape index (κ1) is 22.9. The Balaban J connectivity index is 1.90. The number of thioether (sulfide) groups is 1. The fourth-order valence-corrected chi connectivity index (χ4v) is 4.88. The fraction of sp³-hybridized carbons (Fsp3) is 0.208. The molecule has 0 aliphatic heterocycles. The fourth-order valence-electron chi connectivity index (χ4n) is 3.06. The molecule has 0 bridgehead atoms. The summed E-state index contributed by atoms with van der Waals surface area (Å²) in [5.41, 5.74) is 3.24. The molecule has 0 saturated heterocycles. The van der Waals surface area contributed by atoms with Gasteiger partial charge in [-0.05, 0) is 73.7 Å². The zero-order valence-electron chi connectivity index (χ0n) is 17.8. The Labute approximate surface area is 188 Å². The molecule has 1 N–H and O–H groups in total. The second-order valence-corrected chi connectivity index (χ2v) is 9.86. The van der Waals surface area contributed by atoms with Gasteiger partial charge >= 0.3 is 0 Å². The average molecular weight is 455 g/mol. The van der Waals surface area contributed by atoms with Crippen molar-refractivity contribution >= 4 is 39.1 Å². The van der Waals surface area contributed by atoms with E-state index in [-0.39, 0.29) is 11.4 Å². The van der Waals surface area contributed by atoms with Gasteiger partial charge in [0.05, 0.1) is 10.6 Å². The lowest BCUT2D eigenvalue weighted by atomic mass is 10.1. The summed E-state index contributed by atoms with van der Waals surface area (Å²) in [6.45, 7) is 3.66. The number of carbonyl (C=O) groups excluding carboxylic acids is 1. The molecule has 0 heterocycles. The van der Waals surface area contributed by atoms with Crippen molar-refractivity contribution < 1.29 is 13.2 Å². The van der Waals surface area contributed by atoms with Crippen molar-refractivity contribution in [1.82, 2.24) is 0 Å². The van der Waals surface area contributed by atoms with Crippen LogP contribution < -0.4 is 9.62 Å². The summed E-state index contributed by atoms with van der Waals surface area (Å²) in [6.07, 6.45) is 2.84. The molecule has 5 nitrogen and oxygen atoms in total. The van der Waals surface area contributed by atoms with Crippen LogP contribution in [-0.4, -0.2) is 27.1 Å². The number of sulfonamides is 1. The van der Waals surface area contributed by atoms with Gasteiger partial charge in [-0.3, -0.25) is 9.10 Å². The van der Waals surface area contributed by atoms with E-state index in [0.29, 0.717) is 11.4 Å². The number of hydrogen-bond acceptors (Lipinski definition) is 4. The largest absolute Gasteiger partial charge is 0.325 e. The van der Waals surface area contributed by atoms with Crippen LogP contribution in [0.15, 0.2) is 82.6 Å². The summed E-state index contributed by atoms with van der Waals surface area (Å²) in [7, 11) is -3.93. The van der Waals surface area contributed by atoms with Gasteiger partial charge in [0.2, 0.25) is 5.91 Å². The molecule has 0 fully saturated rings. The predicted molar refractivity (Wildman–Crippen MR) is 128 cm³/mol. The molecule has 0 atom stereocenters. The number of hydrogen-bond donors (Lipinski definition) is 1. The highest BCUT2D eigenvalue weighted by Crippen LogP contribution is 2.26. The van der Waals surface area contributed by atoms with Gasteiger partial charge in [0, 0.05) is 10.6 Å². The lowest BCUT2D eigenvalue weighted by Crippen LogP contribution is -2.38. The molecule has 162 valence electrons. The van der Waals surface area contributed by atoms with E-state index in [2.05, 4.69) is 12.2 Å². The minimum atomic E-state index is -3.93. The van der Waals surface area contributed by atoms with Crippen LogP contribution in [0.2, 0.25) is 0 Å². The maximum atomic E-state index is 13.4. The van der Waals surface area contributed by atoms with Crippen LogP contribution in [0.3, 0.4) is 0 Å². The Hall–Kier alpha value is -2.77. The van der Waals surface area contributed by atoms with Crippen LogP contribution in [-0.2, 0) is 21.2 Å². The van der Waals surface area contributed by atoms with Crippen LogP contribution in [0.5, 0.6) is 0 Å². The number of carbonyl (C=O) groups is 1. The summed E-state index contributed by atoms with van der Waals surface area (Å²) in [5, 5.41) is 2.80. The molecular formula is C24H26N2O3S2. The molecule has 0 unspecified atom stereocenters. The summed E-state index contributed by atoms with van der Waals surface area (Å²) in [4.78, 5) is 13.9. The lowest BCUT2D eigenvalue weighted by Gasteiger charge is -2.24. The molecule has 1 amide bonds. The Bertz CT molecular complexity index is 1120. The first-order valence-electron chi connectivity index (χ1n) is 9.95.